The van der Waals surface area contributed by atoms with E-state index in [0.29, 0.717) is 18.1 Å². The van der Waals surface area contributed by atoms with Crippen LogP contribution in [0.25, 0.3) is 0 Å². The summed E-state index contributed by atoms with van der Waals surface area (Å²) < 4.78 is 73.6. The molecule has 1 unspecified atom stereocenters. The molecule has 6 nitrogen and oxygen atoms in total. The van der Waals surface area contributed by atoms with E-state index in [1.807, 2.05) is 6.92 Å². The fourth-order valence-electron chi connectivity index (χ4n) is 3.03. The molecular formula is C20H20F3NO5S. The minimum Gasteiger partial charge on any atom is -0.494 e. The number of sulfone groups is 1. The highest BCUT2D eigenvalue weighted by Crippen LogP contribution is 2.37. The summed E-state index contributed by atoms with van der Waals surface area (Å²) in [6, 6.07) is 9.18. The van der Waals surface area contributed by atoms with Gasteiger partial charge in [-0.2, -0.15) is 13.2 Å². The van der Waals surface area contributed by atoms with Gasteiger partial charge in [0.15, 0.2) is 15.6 Å². The van der Waals surface area contributed by atoms with Crippen LogP contribution in [-0.2, 0) is 20.8 Å². The van der Waals surface area contributed by atoms with E-state index in [2.05, 4.69) is 5.32 Å². The van der Waals surface area contributed by atoms with Crippen molar-refractivity contribution in [2.75, 3.05) is 23.4 Å². The number of anilines is 1. The number of halogens is 3. The second kappa shape index (κ2) is 8.55. The summed E-state index contributed by atoms with van der Waals surface area (Å²) in [5, 5.41) is 2.40. The molecule has 1 amide bonds. The van der Waals surface area contributed by atoms with Gasteiger partial charge in [0.2, 0.25) is 5.91 Å². The van der Waals surface area contributed by atoms with E-state index in [1.165, 1.54) is 0 Å². The van der Waals surface area contributed by atoms with Gasteiger partial charge >= 0.3 is 6.18 Å². The molecule has 2 aromatic carbocycles. The van der Waals surface area contributed by atoms with Gasteiger partial charge in [-0.1, -0.05) is 0 Å². The van der Waals surface area contributed by atoms with Gasteiger partial charge in [0.1, 0.15) is 11.5 Å². The van der Waals surface area contributed by atoms with Crippen molar-refractivity contribution in [1.29, 1.82) is 0 Å². The van der Waals surface area contributed by atoms with Crippen molar-refractivity contribution in [2.45, 2.75) is 19.5 Å². The molecule has 0 aliphatic carbocycles. The number of amides is 1. The maximum Gasteiger partial charge on any atom is 0.416 e. The Labute approximate surface area is 171 Å². The van der Waals surface area contributed by atoms with Crippen molar-refractivity contribution >= 4 is 21.4 Å². The molecule has 0 saturated carbocycles. The van der Waals surface area contributed by atoms with E-state index >= 15 is 0 Å². The minimum atomic E-state index is -4.62. The highest BCUT2D eigenvalue weighted by molar-refractivity contribution is 7.91. The molecular weight excluding hydrogens is 423 g/mol. The number of nitrogens with one attached hydrogen (secondary N) is 1. The summed E-state index contributed by atoms with van der Waals surface area (Å²) >= 11 is 0. The van der Waals surface area contributed by atoms with E-state index in [9.17, 15) is 26.4 Å². The van der Waals surface area contributed by atoms with Crippen molar-refractivity contribution in [3.63, 3.8) is 0 Å². The van der Waals surface area contributed by atoms with Gasteiger partial charge in [-0.3, -0.25) is 4.79 Å². The van der Waals surface area contributed by atoms with Gasteiger partial charge < -0.3 is 14.8 Å². The molecule has 0 bridgehead atoms. The normalized spacial score (nSPS) is 18.1. The van der Waals surface area contributed by atoms with Crippen molar-refractivity contribution in [3.05, 3.63) is 48.0 Å². The fourth-order valence-corrected chi connectivity index (χ4v) is 4.77. The Morgan fingerprint density at radius 2 is 1.80 bits per heavy atom. The van der Waals surface area contributed by atoms with Crippen LogP contribution < -0.4 is 14.8 Å². The lowest BCUT2D eigenvalue weighted by Crippen LogP contribution is -2.24. The number of ether oxygens (including phenoxy) is 2. The molecule has 3 rings (SSSR count). The zero-order valence-corrected chi connectivity index (χ0v) is 16.8. The van der Waals surface area contributed by atoms with Gasteiger partial charge in [-0.25, -0.2) is 8.42 Å². The summed E-state index contributed by atoms with van der Waals surface area (Å²) in [4.78, 5) is 12.5. The molecule has 162 valence electrons. The minimum absolute atomic E-state index is 0.00126. The van der Waals surface area contributed by atoms with Crippen LogP contribution in [0.4, 0.5) is 18.9 Å². The second-order valence-corrected chi connectivity index (χ2v) is 9.03. The smallest absolute Gasteiger partial charge is 0.416 e. The van der Waals surface area contributed by atoms with E-state index in [1.54, 1.807) is 24.3 Å². The van der Waals surface area contributed by atoms with Crippen molar-refractivity contribution in [3.8, 4) is 17.2 Å². The Kier molecular flexibility index (Phi) is 6.25. The Balaban J connectivity index is 1.86. The van der Waals surface area contributed by atoms with Gasteiger partial charge in [-0.05, 0) is 55.8 Å². The first-order valence-electron chi connectivity index (χ1n) is 9.20. The van der Waals surface area contributed by atoms with Crippen molar-refractivity contribution < 1.29 is 35.9 Å². The number of hydrogen-bond donors (Lipinski definition) is 1. The maximum absolute atomic E-state index is 13.1. The summed E-state index contributed by atoms with van der Waals surface area (Å²) in [6.07, 6.45) is -4.49. The summed E-state index contributed by atoms with van der Waals surface area (Å²) in [5.41, 5.74) is -1.15. The van der Waals surface area contributed by atoms with E-state index in [0.717, 1.165) is 18.2 Å². The topological polar surface area (TPSA) is 81.7 Å². The van der Waals surface area contributed by atoms with Crippen LogP contribution in [-0.4, -0.2) is 32.4 Å². The maximum atomic E-state index is 13.1. The third-order valence-corrected chi connectivity index (χ3v) is 6.30. The first-order chi connectivity index (χ1) is 14.1. The molecule has 2 aromatic rings. The number of benzene rings is 2. The molecule has 0 radical (unpaired) electrons. The van der Waals surface area contributed by atoms with Crippen LogP contribution in [0.1, 0.15) is 18.9 Å². The van der Waals surface area contributed by atoms with Gasteiger partial charge in [0, 0.05) is 0 Å². The lowest BCUT2D eigenvalue weighted by molar-refractivity contribution is -0.137. The number of hydrogen-bond acceptors (Lipinski definition) is 5. The first-order valence-corrected chi connectivity index (χ1v) is 11.0. The molecule has 1 saturated heterocycles. The monoisotopic (exact) mass is 443 g/mol. The van der Waals surface area contributed by atoms with E-state index in [-0.39, 0.29) is 29.4 Å². The van der Waals surface area contributed by atoms with E-state index < -0.39 is 33.4 Å². The number of carbonyl (C=O) groups excluding carboxylic acids is 1. The zero-order valence-electron chi connectivity index (χ0n) is 16.0. The van der Waals surface area contributed by atoms with Crippen LogP contribution in [0.3, 0.4) is 0 Å². The van der Waals surface area contributed by atoms with Crippen molar-refractivity contribution in [2.24, 2.45) is 5.92 Å². The number of rotatable bonds is 6. The van der Waals surface area contributed by atoms with Crippen LogP contribution in [0, 0.1) is 5.92 Å². The number of carbonyl (C=O) groups is 1. The molecule has 1 atom stereocenters. The molecule has 0 aromatic heterocycles. The molecule has 30 heavy (non-hydrogen) atoms. The molecule has 0 spiro atoms. The zero-order chi connectivity index (χ0) is 21.9. The Bertz CT molecular complexity index is 1020. The van der Waals surface area contributed by atoms with Crippen LogP contribution in [0.2, 0.25) is 0 Å². The highest BCUT2D eigenvalue weighted by atomic mass is 32.2. The van der Waals surface area contributed by atoms with Crippen LogP contribution >= 0.6 is 0 Å². The van der Waals surface area contributed by atoms with Crippen molar-refractivity contribution in [1.82, 2.24) is 0 Å². The molecule has 10 heteroatoms. The highest BCUT2D eigenvalue weighted by Gasteiger charge is 2.35. The standard InChI is InChI=1S/C20H20F3NO5S/c1-2-28-15-4-6-16(7-5-15)29-18-8-3-14(20(21,22)23)11-17(18)24-19(25)13-9-10-30(26,27)12-13/h3-8,11,13H,2,9-10,12H2,1H3,(H,24,25). The van der Waals surface area contributed by atoms with Gasteiger partial charge in [-0.15, -0.1) is 0 Å². The van der Waals surface area contributed by atoms with Crippen LogP contribution in [0.5, 0.6) is 17.2 Å². The van der Waals surface area contributed by atoms with Gasteiger partial charge in [0.05, 0.1) is 35.3 Å². The predicted octanol–water partition coefficient (Wildman–Crippen LogP) is 4.27. The Morgan fingerprint density at radius 3 is 2.37 bits per heavy atom. The summed E-state index contributed by atoms with van der Waals surface area (Å²) in [5.74, 6) is -0.989. The Hall–Kier alpha value is -2.75. The predicted molar refractivity (Wildman–Crippen MR) is 105 cm³/mol. The lowest BCUT2D eigenvalue weighted by atomic mass is 10.1. The lowest BCUT2D eigenvalue weighted by Gasteiger charge is -2.17. The average molecular weight is 443 g/mol. The molecule has 1 aliphatic rings. The third-order valence-electron chi connectivity index (χ3n) is 4.53. The van der Waals surface area contributed by atoms with E-state index in [4.69, 9.17) is 9.47 Å². The number of alkyl halides is 3. The largest absolute Gasteiger partial charge is 0.494 e. The Morgan fingerprint density at radius 1 is 1.13 bits per heavy atom. The third kappa shape index (κ3) is 5.44. The van der Waals surface area contributed by atoms with Gasteiger partial charge in [0.25, 0.3) is 0 Å². The molecule has 1 fully saturated rings. The summed E-state index contributed by atoms with van der Waals surface area (Å²) in [6.45, 7) is 2.31. The first kappa shape index (κ1) is 21.9. The average Bonchev–Trinajstić information content (AvgIpc) is 3.04. The van der Waals surface area contributed by atoms with Crippen LogP contribution in [0.15, 0.2) is 42.5 Å². The second-order valence-electron chi connectivity index (χ2n) is 6.80. The quantitative estimate of drug-likeness (QED) is 0.721. The summed E-state index contributed by atoms with van der Waals surface area (Å²) in [7, 11) is -3.32. The fraction of sp³-hybridized carbons (Fsp3) is 0.350. The molecule has 1 N–H and O–H groups in total. The SMILES string of the molecule is CCOc1ccc(Oc2ccc(C(F)(F)F)cc2NC(=O)C2CCS(=O)(=O)C2)cc1. The molecule has 1 heterocycles. The molecule has 1 aliphatic heterocycles.